The number of primary amides is 1. The van der Waals surface area contributed by atoms with Crippen molar-refractivity contribution < 1.29 is 9.59 Å². The van der Waals surface area contributed by atoms with Crippen LogP contribution in [-0.2, 0) is 11.3 Å². The summed E-state index contributed by atoms with van der Waals surface area (Å²) in [7, 11) is 1.73. The van der Waals surface area contributed by atoms with Gasteiger partial charge >= 0.3 is 6.03 Å². The molecule has 1 heterocycles. The molecule has 1 aromatic heterocycles. The second-order valence-electron chi connectivity index (χ2n) is 7.19. The molecule has 1 atom stereocenters. The second-order valence-corrected chi connectivity index (χ2v) is 8.17. The van der Waals surface area contributed by atoms with Crippen LogP contribution < -0.4 is 11.1 Å². The van der Waals surface area contributed by atoms with Crippen molar-refractivity contribution in [2.45, 2.75) is 19.0 Å². The number of benzene rings is 2. The first kappa shape index (κ1) is 22.4. The number of hydrogen-bond donors (Lipinski definition) is 2. The molecule has 31 heavy (non-hydrogen) atoms. The molecule has 8 heteroatoms. The number of nitrogens with two attached hydrogens (primary N) is 1. The van der Waals surface area contributed by atoms with Crippen molar-refractivity contribution in [1.29, 1.82) is 0 Å². The van der Waals surface area contributed by atoms with Crippen molar-refractivity contribution in [3.8, 4) is 16.9 Å². The van der Waals surface area contributed by atoms with Crippen molar-refractivity contribution in [2.75, 3.05) is 19.1 Å². The number of nitrogens with zero attached hydrogens (tertiary/aromatic N) is 3. The van der Waals surface area contributed by atoms with Crippen molar-refractivity contribution in [1.82, 2.24) is 20.0 Å². The molecule has 162 valence electrons. The maximum Gasteiger partial charge on any atom is 0.312 e. The standard InChI is InChI=1S/C23H27N5O2S/c1-27(22(29)20(13-14-31-2)25-23(24)30)15-18-16-28(19-11-7-4-8-12-19)26-21(18)17-9-5-3-6-10-17/h3-12,16,20H,13-15H2,1-2H3,(H3,24,25,30)/t20-/m0/s1. The zero-order chi connectivity index (χ0) is 22.2. The van der Waals surface area contributed by atoms with Gasteiger partial charge in [-0.2, -0.15) is 16.9 Å². The van der Waals surface area contributed by atoms with Gasteiger partial charge in [-0.1, -0.05) is 48.5 Å². The van der Waals surface area contributed by atoms with E-state index >= 15 is 0 Å². The Morgan fingerprint density at radius 2 is 1.77 bits per heavy atom. The molecule has 0 saturated carbocycles. The summed E-state index contributed by atoms with van der Waals surface area (Å²) in [5, 5.41) is 7.36. The van der Waals surface area contributed by atoms with Crippen LogP contribution in [0.25, 0.3) is 16.9 Å². The summed E-state index contributed by atoms with van der Waals surface area (Å²) in [5.41, 5.74) is 8.92. The molecule has 0 aliphatic carbocycles. The first-order chi connectivity index (χ1) is 15.0. The van der Waals surface area contributed by atoms with E-state index in [1.54, 1.807) is 23.7 Å². The van der Waals surface area contributed by atoms with Crippen molar-refractivity contribution in [3.05, 3.63) is 72.4 Å². The van der Waals surface area contributed by atoms with Crippen LogP contribution in [0.5, 0.6) is 0 Å². The lowest BCUT2D eigenvalue weighted by atomic mass is 10.1. The summed E-state index contributed by atoms with van der Waals surface area (Å²) in [6.45, 7) is 0.353. The van der Waals surface area contributed by atoms with Gasteiger partial charge in [-0.3, -0.25) is 4.79 Å². The number of hydrogen-bond acceptors (Lipinski definition) is 4. The van der Waals surface area contributed by atoms with Crippen LogP contribution in [0, 0.1) is 0 Å². The highest BCUT2D eigenvalue weighted by Gasteiger charge is 2.24. The number of likely N-dealkylation sites (N-methyl/N-ethyl adjacent to an activating group) is 1. The quantitative estimate of drug-likeness (QED) is 0.537. The van der Waals surface area contributed by atoms with Gasteiger partial charge in [0, 0.05) is 30.9 Å². The average Bonchev–Trinajstić information content (AvgIpc) is 3.20. The Kier molecular flexibility index (Phi) is 7.72. The first-order valence-corrected chi connectivity index (χ1v) is 11.4. The average molecular weight is 438 g/mol. The highest BCUT2D eigenvalue weighted by Crippen LogP contribution is 2.25. The minimum atomic E-state index is -0.699. The zero-order valence-electron chi connectivity index (χ0n) is 17.7. The normalized spacial score (nSPS) is 11.7. The lowest BCUT2D eigenvalue weighted by molar-refractivity contribution is -0.132. The highest BCUT2D eigenvalue weighted by atomic mass is 32.2. The Bertz CT molecular complexity index is 1010. The second kappa shape index (κ2) is 10.7. The smallest absolute Gasteiger partial charge is 0.312 e. The Labute approximate surface area is 186 Å². The Balaban J connectivity index is 1.89. The third kappa shape index (κ3) is 5.88. The molecule has 0 aliphatic rings. The number of urea groups is 1. The Morgan fingerprint density at radius 3 is 2.39 bits per heavy atom. The van der Waals surface area contributed by atoms with E-state index in [4.69, 9.17) is 10.8 Å². The molecule has 2 aromatic carbocycles. The van der Waals surface area contributed by atoms with Crippen molar-refractivity contribution >= 4 is 23.7 Å². The van der Waals surface area contributed by atoms with Gasteiger partial charge in [0.15, 0.2) is 0 Å². The molecule has 0 spiro atoms. The monoisotopic (exact) mass is 437 g/mol. The van der Waals surface area contributed by atoms with Gasteiger partial charge in [-0.05, 0) is 30.6 Å². The molecular formula is C23H27N5O2S. The zero-order valence-corrected chi connectivity index (χ0v) is 18.5. The van der Waals surface area contributed by atoms with Crippen LogP contribution in [0.4, 0.5) is 4.79 Å². The fourth-order valence-corrected chi connectivity index (χ4v) is 3.81. The maximum absolute atomic E-state index is 13.0. The summed E-state index contributed by atoms with van der Waals surface area (Å²) in [5.74, 6) is 0.561. The Hall–Kier alpha value is -3.26. The van der Waals surface area contributed by atoms with E-state index in [2.05, 4.69) is 5.32 Å². The molecular weight excluding hydrogens is 410 g/mol. The van der Waals surface area contributed by atoms with Crippen molar-refractivity contribution in [3.63, 3.8) is 0 Å². The summed E-state index contributed by atoms with van der Waals surface area (Å²) in [4.78, 5) is 26.0. The van der Waals surface area contributed by atoms with Crippen LogP contribution >= 0.6 is 11.8 Å². The largest absolute Gasteiger partial charge is 0.352 e. The first-order valence-electron chi connectivity index (χ1n) is 9.99. The molecule has 0 unspecified atom stereocenters. The van der Waals surface area contributed by atoms with E-state index in [0.29, 0.717) is 13.0 Å². The van der Waals surface area contributed by atoms with Crippen LogP contribution in [0.2, 0.25) is 0 Å². The molecule has 0 fully saturated rings. The predicted molar refractivity (Wildman–Crippen MR) is 125 cm³/mol. The maximum atomic E-state index is 13.0. The Morgan fingerprint density at radius 1 is 1.13 bits per heavy atom. The number of carbonyl (C=O) groups excluding carboxylic acids is 2. The van der Waals surface area contributed by atoms with E-state index < -0.39 is 12.1 Å². The highest BCUT2D eigenvalue weighted by molar-refractivity contribution is 7.98. The number of thioether (sulfide) groups is 1. The topological polar surface area (TPSA) is 93.2 Å². The summed E-state index contributed by atoms with van der Waals surface area (Å²) >= 11 is 1.61. The molecule has 0 aliphatic heterocycles. The van der Waals surface area contributed by atoms with E-state index in [1.165, 1.54) is 0 Å². The van der Waals surface area contributed by atoms with Gasteiger partial charge in [0.25, 0.3) is 0 Å². The predicted octanol–water partition coefficient (Wildman–Crippen LogP) is 3.29. The van der Waals surface area contributed by atoms with Crippen molar-refractivity contribution in [2.24, 2.45) is 5.73 Å². The molecule has 3 aromatic rings. The lowest BCUT2D eigenvalue weighted by Gasteiger charge is -2.24. The molecule has 0 radical (unpaired) electrons. The molecule has 0 saturated heterocycles. The van der Waals surface area contributed by atoms with Crippen LogP contribution in [0.1, 0.15) is 12.0 Å². The molecule has 7 nitrogen and oxygen atoms in total. The van der Waals surface area contributed by atoms with Gasteiger partial charge in [-0.25, -0.2) is 9.48 Å². The van der Waals surface area contributed by atoms with E-state index in [9.17, 15) is 9.59 Å². The van der Waals surface area contributed by atoms with E-state index in [1.807, 2.05) is 77.8 Å². The number of nitrogens with one attached hydrogen (secondary N) is 1. The van der Waals surface area contributed by atoms with Gasteiger partial charge in [0.05, 0.1) is 11.4 Å². The fraction of sp³-hybridized carbons (Fsp3) is 0.261. The number of para-hydroxylation sites is 1. The molecule has 3 N–H and O–H groups in total. The lowest BCUT2D eigenvalue weighted by Crippen LogP contribution is -2.49. The fourth-order valence-electron chi connectivity index (χ4n) is 3.34. The molecule has 3 amide bonds. The summed E-state index contributed by atoms with van der Waals surface area (Å²) in [6, 6.07) is 18.4. The minimum Gasteiger partial charge on any atom is -0.352 e. The third-order valence-electron chi connectivity index (χ3n) is 4.87. The van der Waals surface area contributed by atoms with Crippen LogP contribution in [0.15, 0.2) is 66.9 Å². The third-order valence-corrected chi connectivity index (χ3v) is 5.51. The minimum absolute atomic E-state index is 0.181. The molecule has 3 rings (SSSR count). The van der Waals surface area contributed by atoms with E-state index in [0.717, 1.165) is 28.3 Å². The number of rotatable bonds is 9. The number of amides is 3. The van der Waals surface area contributed by atoms with Gasteiger partial charge in [-0.15, -0.1) is 0 Å². The number of aromatic nitrogens is 2. The van der Waals surface area contributed by atoms with Crippen LogP contribution in [-0.4, -0.2) is 51.7 Å². The van der Waals surface area contributed by atoms with Crippen LogP contribution in [0.3, 0.4) is 0 Å². The summed E-state index contributed by atoms with van der Waals surface area (Å²) < 4.78 is 1.82. The molecule has 0 bridgehead atoms. The van der Waals surface area contributed by atoms with Gasteiger partial charge in [0.2, 0.25) is 5.91 Å². The summed E-state index contributed by atoms with van der Waals surface area (Å²) in [6.07, 6.45) is 4.42. The van der Waals surface area contributed by atoms with Gasteiger partial charge in [0.1, 0.15) is 6.04 Å². The van der Waals surface area contributed by atoms with Gasteiger partial charge < -0.3 is 16.0 Å². The SMILES string of the molecule is CSCC[C@H](NC(N)=O)C(=O)N(C)Cc1cn(-c2ccccc2)nc1-c1ccccc1. The number of carbonyl (C=O) groups is 2. The van der Waals surface area contributed by atoms with E-state index in [-0.39, 0.29) is 5.91 Å².